The van der Waals surface area contributed by atoms with Crippen molar-refractivity contribution < 1.29 is 4.39 Å². The van der Waals surface area contributed by atoms with E-state index in [4.69, 9.17) is 5.84 Å². The number of hydrazine groups is 1. The van der Waals surface area contributed by atoms with Crippen LogP contribution in [-0.2, 0) is 0 Å². The average molecular weight is 344 g/mol. The van der Waals surface area contributed by atoms with Gasteiger partial charge in [0.05, 0.1) is 5.69 Å². The summed E-state index contributed by atoms with van der Waals surface area (Å²) in [6.07, 6.45) is 1.85. The Labute approximate surface area is 122 Å². The van der Waals surface area contributed by atoms with E-state index in [2.05, 4.69) is 36.6 Å². The van der Waals surface area contributed by atoms with Crippen molar-refractivity contribution in [2.75, 3.05) is 17.0 Å². The number of thioether (sulfide) groups is 1. The Hall–Kier alpha value is -1.38. The molecule has 100 valence electrons. The van der Waals surface area contributed by atoms with E-state index in [1.807, 2.05) is 6.26 Å². The second kappa shape index (κ2) is 6.18. The maximum Gasteiger partial charge on any atom is 0.191 e. The Morgan fingerprint density at radius 2 is 2.00 bits per heavy atom. The smallest absolute Gasteiger partial charge is 0.191 e. The van der Waals surface area contributed by atoms with E-state index in [-0.39, 0.29) is 5.82 Å². The van der Waals surface area contributed by atoms with Crippen molar-refractivity contribution in [3.05, 3.63) is 34.6 Å². The number of nitrogens with zero attached hydrogens (tertiary/aromatic N) is 2. The number of anilines is 3. The normalized spacial score (nSPS) is 10.3. The van der Waals surface area contributed by atoms with Crippen LogP contribution in [-0.4, -0.2) is 16.2 Å². The fraction of sp³-hybridized carbons (Fsp3) is 0.0909. The minimum Gasteiger partial charge on any atom is -0.338 e. The zero-order valence-corrected chi connectivity index (χ0v) is 12.3. The van der Waals surface area contributed by atoms with Crippen LogP contribution in [0.5, 0.6) is 0 Å². The average Bonchev–Trinajstić information content (AvgIpc) is 2.42. The molecule has 0 radical (unpaired) electrons. The molecule has 0 aliphatic carbocycles. The highest BCUT2D eigenvalue weighted by atomic mass is 79.9. The summed E-state index contributed by atoms with van der Waals surface area (Å²) < 4.78 is 14.4. The second-order valence-corrected chi connectivity index (χ2v) is 5.21. The molecule has 8 heteroatoms. The van der Waals surface area contributed by atoms with Gasteiger partial charge in [0.25, 0.3) is 0 Å². The van der Waals surface area contributed by atoms with Crippen molar-refractivity contribution in [2.45, 2.75) is 5.16 Å². The molecule has 2 aromatic rings. The topological polar surface area (TPSA) is 75.9 Å². The number of rotatable bonds is 4. The molecule has 0 saturated heterocycles. The lowest BCUT2D eigenvalue weighted by Crippen LogP contribution is -2.10. The van der Waals surface area contributed by atoms with Gasteiger partial charge in [-0.15, -0.1) is 0 Å². The number of hydrogen-bond acceptors (Lipinski definition) is 6. The molecule has 1 heterocycles. The van der Waals surface area contributed by atoms with Gasteiger partial charge < -0.3 is 10.7 Å². The first-order valence-electron chi connectivity index (χ1n) is 5.24. The summed E-state index contributed by atoms with van der Waals surface area (Å²) in [6, 6.07) is 6.22. The Bertz CT molecular complexity index is 573. The largest absolute Gasteiger partial charge is 0.338 e. The van der Waals surface area contributed by atoms with Gasteiger partial charge in [-0.3, -0.25) is 0 Å². The van der Waals surface area contributed by atoms with Crippen LogP contribution in [0.4, 0.5) is 21.7 Å². The van der Waals surface area contributed by atoms with Crippen LogP contribution in [0.25, 0.3) is 0 Å². The molecule has 0 fully saturated rings. The summed E-state index contributed by atoms with van der Waals surface area (Å²) in [4.78, 5) is 8.35. The number of hydrogen-bond donors (Lipinski definition) is 3. The van der Waals surface area contributed by atoms with Crippen molar-refractivity contribution >= 4 is 45.0 Å². The van der Waals surface area contributed by atoms with Crippen LogP contribution < -0.4 is 16.6 Å². The lowest BCUT2D eigenvalue weighted by atomic mass is 10.3. The maximum atomic E-state index is 13.6. The highest BCUT2D eigenvalue weighted by molar-refractivity contribution is 9.10. The molecule has 0 amide bonds. The molecule has 0 aliphatic rings. The van der Waals surface area contributed by atoms with Gasteiger partial charge in [0.15, 0.2) is 5.16 Å². The third-order valence-electron chi connectivity index (χ3n) is 2.23. The summed E-state index contributed by atoms with van der Waals surface area (Å²) in [6.45, 7) is 0. The molecular formula is C11H11BrFN5S. The van der Waals surface area contributed by atoms with Gasteiger partial charge in [-0.2, -0.15) is 0 Å². The summed E-state index contributed by atoms with van der Waals surface area (Å²) in [5.41, 5.74) is 2.77. The zero-order valence-electron chi connectivity index (χ0n) is 9.95. The number of halogens is 2. The Morgan fingerprint density at radius 3 is 2.68 bits per heavy atom. The SMILES string of the molecule is CSc1nc(NN)cc(Nc2cc(Br)ccc2F)n1. The van der Waals surface area contributed by atoms with Crippen LogP contribution in [0.2, 0.25) is 0 Å². The molecule has 1 aromatic heterocycles. The number of nitrogen functional groups attached to an aromatic ring is 1. The Balaban J connectivity index is 2.34. The molecule has 1 aromatic carbocycles. The molecule has 0 bridgehead atoms. The number of nitrogens with two attached hydrogens (primary N) is 1. The summed E-state index contributed by atoms with van der Waals surface area (Å²) in [7, 11) is 0. The van der Waals surface area contributed by atoms with Crippen LogP contribution in [0, 0.1) is 5.82 Å². The van der Waals surface area contributed by atoms with Gasteiger partial charge in [-0.05, 0) is 24.5 Å². The predicted molar refractivity (Wildman–Crippen MR) is 79.0 cm³/mol. The first kappa shape index (κ1) is 14.0. The summed E-state index contributed by atoms with van der Waals surface area (Å²) >= 11 is 4.66. The molecule has 0 unspecified atom stereocenters. The molecule has 4 N–H and O–H groups in total. The van der Waals surface area contributed by atoms with Gasteiger partial charge in [0.2, 0.25) is 0 Å². The highest BCUT2D eigenvalue weighted by Crippen LogP contribution is 2.25. The third-order valence-corrected chi connectivity index (χ3v) is 3.27. The van der Waals surface area contributed by atoms with E-state index < -0.39 is 0 Å². The van der Waals surface area contributed by atoms with Gasteiger partial charge in [-0.25, -0.2) is 20.2 Å². The number of aromatic nitrogens is 2. The van der Waals surface area contributed by atoms with Crippen molar-refractivity contribution in [2.24, 2.45) is 5.84 Å². The van der Waals surface area contributed by atoms with E-state index in [1.54, 1.807) is 18.2 Å². The molecule has 2 rings (SSSR count). The van der Waals surface area contributed by atoms with Crippen LogP contribution in [0.3, 0.4) is 0 Å². The molecule has 0 saturated carbocycles. The quantitative estimate of drug-likeness (QED) is 0.342. The monoisotopic (exact) mass is 343 g/mol. The highest BCUT2D eigenvalue weighted by Gasteiger charge is 2.07. The summed E-state index contributed by atoms with van der Waals surface area (Å²) in [5, 5.41) is 3.43. The van der Waals surface area contributed by atoms with Gasteiger partial charge >= 0.3 is 0 Å². The fourth-order valence-electron chi connectivity index (χ4n) is 1.39. The molecule has 0 spiro atoms. The molecule has 0 aliphatic heterocycles. The van der Waals surface area contributed by atoms with E-state index in [0.717, 1.165) is 4.47 Å². The van der Waals surface area contributed by atoms with E-state index in [1.165, 1.54) is 17.8 Å². The van der Waals surface area contributed by atoms with E-state index in [0.29, 0.717) is 22.5 Å². The molecule has 0 atom stereocenters. The molecular weight excluding hydrogens is 333 g/mol. The Morgan fingerprint density at radius 1 is 1.26 bits per heavy atom. The van der Waals surface area contributed by atoms with Gasteiger partial charge in [-0.1, -0.05) is 27.7 Å². The van der Waals surface area contributed by atoms with Gasteiger partial charge in [0, 0.05) is 10.5 Å². The molecule has 5 nitrogen and oxygen atoms in total. The first-order chi connectivity index (χ1) is 9.12. The van der Waals surface area contributed by atoms with Crippen molar-refractivity contribution in [1.29, 1.82) is 0 Å². The Kier molecular flexibility index (Phi) is 4.56. The summed E-state index contributed by atoms with van der Waals surface area (Å²) in [5.74, 6) is 5.88. The number of nitrogens with one attached hydrogen (secondary N) is 2. The third kappa shape index (κ3) is 3.55. The van der Waals surface area contributed by atoms with E-state index >= 15 is 0 Å². The van der Waals surface area contributed by atoms with Crippen molar-refractivity contribution in [3.8, 4) is 0 Å². The maximum absolute atomic E-state index is 13.6. The predicted octanol–water partition coefficient (Wildman–Crippen LogP) is 3.13. The van der Waals surface area contributed by atoms with Crippen LogP contribution in [0.15, 0.2) is 33.9 Å². The number of benzene rings is 1. The van der Waals surface area contributed by atoms with Crippen LogP contribution in [0.1, 0.15) is 0 Å². The minimum absolute atomic E-state index is 0.322. The van der Waals surface area contributed by atoms with Gasteiger partial charge in [0.1, 0.15) is 17.5 Å². The van der Waals surface area contributed by atoms with E-state index in [9.17, 15) is 4.39 Å². The standard InChI is InChI=1S/C11H11BrFN5S/c1-19-11-16-9(5-10(17-11)18-14)15-8-4-6(12)2-3-7(8)13/h2-5H,14H2,1H3,(H2,15,16,17,18). The lowest BCUT2D eigenvalue weighted by molar-refractivity contribution is 0.631. The van der Waals surface area contributed by atoms with Crippen molar-refractivity contribution in [3.63, 3.8) is 0 Å². The van der Waals surface area contributed by atoms with Crippen molar-refractivity contribution in [1.82, 2.24) is 9.97 Å². The zero-order chi connectivity index (χ0) is 13.8. The van der Waals surface area contributed by atoms with Crippen LogP contribution >= 0.6 is 27.7 Å². The first-order valence-corrected chi connectivity index (χ1v) is 7.26. The second-order valence-electron chi connectivity index (χ2n) is 3.52. The molecule has 19 heavy (non-hydrogen) atoms. The fourth-order valence-corrected chi connectivity index (χ4v) is 2.13. The minimum atomic E-state index is -0.366. The lowest BCUT2D eigenvalue weighted by Gasteiger charge is -2.09.